The minimum absolute atomic E-state index is 0.245. The van der Waals surface area contributed by atoms with E-state index in [1.54, 1.807) is 45.6 Å². The number of aromatic amines is 1. The number of nitrogens with zero attached hydrogens (tertiary/aromatic N) is 1. The highest BCUT2D eigenvalue weighted by atomic mass is 16.5. The van der Waals surface area contributed by atoms with Gasteiger partial charge in [0, 0.05) is 11.1 Å². The molecule has 0 atom stereocenters. The number of rotatable bonds is 8. The first-order chi connectivity index (χ1) is 14.1. The summed E-state index contributed by atoms with van der Waals surface area (Å²) in [5.41, 5.74) is 3.30. The SMILES string of the molecule is CCCc1[nH]nc(-c2cc(OC)ccc2OC)c1NC(=O)c1cccc(OC)c1. The average Bonchev–Trinajstić information content (AvgIpc) is 3.15. The number of ether oxygens (including phenoxy) is 3. The number of hydrogen-bond donors (Lipinski definition) is 2. The number of carbonyl (C=O) groups excluding carboxylic acids is 1. The molecule has 0 radical (unpaired) electrons. The first-order valence-electron chi connectivity index (χ1n) is 9.36. The Kier molecular flexibility index (Phi) is 6.39. The molecule has 1 heterocycles. The van der Waals surface area contributed by atoms with Crippen LogP contribution < -0.4 is 19.5 Å². The Bertz CT molecular complexity index is 997. The molecular formula is C22H25N3O4. The van der Waals surface area contributed by atoms with Gasteiger partial charge in [0.2, 0.25) is 0 Å². The zero-order valence-electron chi connectivity index (χ0n) is 17.0. The van der Waals surface area contributed by atoms with Crippen LogP contribution in [0.3, 0.4) is 0 Å². The van der Waals surface area contributed by atoms with Gasteiger partial charge in [-0.15, -0.1) is 0 Å². The van der Waals surface area contributed by atoms with E-state index in [0.717, 1.165) is 24.1 Å². The molecule has 0 saturated carbocycles. The lowest BCUT2D eigenvalue weighted by atomic mass is 10.1. The maximum Gasteiger partial charge on any atom is 0.255 e. The van der Waals surface area contributed by atoms with Crippen molar-refractivity contribution in [1.29, 1.82) is 0 Å². The quantitative estimate of drug-likeness (QED) is 0.594. The van der Waals surface area contributed by atoms with E-state index < -0.39 is 0 Å². The molecule has 1 aromatic heterocycles. The number of anilines is 1. The highest BCUT2D eigenvalue weighted by molar-refractivity contribution is 6.06. The molecule has 3 aromatic rings. The van der Waals surface area contributed by atoms with Crippen LogP contribution >= 0.6 is 0 Å². The van der Waals surface area contributed by atoms with Crippen LogP contribution in [0.25, 0.3) is 11.3 Å². The van der Waals surface area contributed by atoms with Crippen LogP contribution in [0.1, 0.15) is 29.4 Å². The molecule has 7 heteroatoms. The molecule has 7 nitrogen and oxygen atoms in total. The Morgan fingerprint density at radius 1 is 1.03 bits per heavy atom. The Morgan fingerprint density at radius 2 is 1.79 bits per heavy atom. The Hall–Kier alpha value is -3.48. The van der Waals surface area contributed by atoms with Gasteiger partial charge in [0.05, 0.1) is 32.7 Å². The summed E-state index contributed by atoms with van der Waals surface area (Å²) in [6, 6.07) is 12.5. The van der Waals surface area contributed by atoms with Crippen molar-refractivity contribution in [2.45, 2.75) is 19.8 Å². The summed E-state index contributed by atoms with van der Waals surface area (Å²) in [6.07, 6.45) is 1.64. The highest BCUT2D eigenvalue weighted by Crippen LogP contribution is 2.38. The standard InChI is InChI=1S/C22H25N3O4/c1-5-7-18-21(23-22(26)14-8-6-9-15(12-14)27-2)20(25-24-18)17-13-16(28-3)10-11-19(17)29-4/h6,8-13H,5,7H2,1-4H3,(H,23,26)(H,24,25). The van der Waals surface area contributed by atoms with Gasteiger partial charge in [-0.2, -0.15) is 5.10 Å². The summed E-state index contributed by atoms with van der Waals surface area (Å²) >= 11 is 0. The number of carbonyl (C=O) groups is 1. The zero-order valence-corrected chi connectivity index (χ0v) is 17.0. The summed E-state index contributed by atoms with van der Waals surface area (Å²) in [5.74, 6) is 1.68. The Morgan fingerprint density at radius 3 is 2.48 bits per heavy atom. The van der Waals surface area contributed by atoms with E-state index in [4.69, 9.17) is 14.2 Å². The van der Waals surface area contributed by atoms with Gasteiger partial charge in [0.15, 0.2) is 0 Å². The van der Waals surface area contributed by atoms with E-state index in [-0.39, 0.29) is 5.91 Å². The molecule has 0 saturated heterocycles. The number of hydrogen-bond acceptors (Lipinski definition) is 5. The van der Waals surface area contributed by atoms with Crippen LogP contribution in [0.15, 0.2) is 42.5 Å². The summed E-state index contributed by atoms with van der Waals surface area (Å²) in [5, 5.41) is 10.5. The lowest BCUT2D eigenvalue weighted by molar-refractivity contribution is 0.102. The van der Waals surface area contributed by atoms with Gasteiger partial charge < -0.3 is 19.5 Å². The average molecular weight is 395 g/mol. The summed E-state index contributed by atoms with van der Waals surface area (Å²) in [4.78, 5) is 12.9. The van der Waals surface area contributed by atoms with Crippen LogP contribution in [-0.4, -0.2) is 37.4 Å². The number of aryl methyl sites for hydroxylation is 1. The number of aromatic nitrogens is 2. The van der Waals surface area contributed by atoms with Crippen LogP contribution in [0.4, 0.5) is 5.69 Å². The minimum atomic E-state index is -0.245. The summed E-state index contributed by atoms with van der Waals surface area (Å²) in [6.45, 7) is 2.07. The van der Waals surface area contributed by atoms with E-state index in [2.05, 4.69) is 22.4 Å². The maximum atomic E-state index is 12.9. The second-order valence-electron chi connectivity index (χ2n) is 6.43. The second-order valence-corrected chi connectivity index (χ2v) is 6.43. The number of nitrogens with one attached hydrogen (secondary N) is 2. The third-order valence-corrected chi connectivity index (χ3v) is 4.57. The number of methoxy groups -OCH3 is 3. The molecule has 1 amide bonds. The fraction of sp³-hybridized carbons (Fsp3) is 0.273. The van der Waals surface area contributed by atoms with Gasteiger partial charge in [0.1, 0.15) is 22.9 Å². The maximum absolute atomic E-state index is 12.9. The van der Waals surface area contributed by atoms with Crippen molar-refractivity contribution >= 4 is 11.6 Å². The van der Waals surface area contributed by atoms with E-state index in [9.17, 15) is 4.79 Å². The van der Waals surface area contributed by atoms with Gasteiger partial charge in [-0.1, -0.05) is 19.4 Å². The molecule has 0 aliphatic carbocycles. The molecular weight excluding hydrogens is 370 g/mol. The lowest BCUT2D eigenvalue weighted by Crippen LogP contribution is -2.13. The van der Waals surface area contributed by atoms with Crippen molar-refractivity contribution in [2.24, 2.45) is 0 Å². The molecule has 29 heavy (non-hydrogen) atoms. The summed E-state index contributed by atoms with van der Waals surface area (Å²) < 4.78 is 16.1. The third-order valence-electron chi connectivity index (χ3n) is 4.57. The predicted octanol–water partition coefficient (Wildman–Crippen LogP) is 4.31. The van der Waals surface area contributed by atoms with E-state index in [1.165, 1.54) is 0 Å². The number of benzene rings is 2. The zero-order chi connectivity index (χ0) is 20.8. The van der Waals surface area contributed by atoms with E-state index in [1.807, 2.05) is 18.2 Å². The Balaban J connectivity index is 2.04. The van der Waals surface area contributed by atoms with Crippen LogP contribution in [0, 0.1) is 0 Å². The molecule has 0 bridgehead atoms. The molecule has 0 spiro atoms. The topological polar surface area (TPSA) is 85.5 Å². The van der Waals surface area contributed by atoms with Crippen LogP contribution in [0.2, 0.25) is 0 Å². The smallest absolute Gasteiger partial charge is 0.255 e. The highest BCUT2D eigenvalue weighted by Gasteiger charge is 2.21. The van der Waals surface area contributed by atoms with Gasteiger partial charge >= 0.3 is 0 Å². The molecule has 0 aliphatic rings. The van der Waals surface area contributed by atoms with Crippen molar-refractivity contribution < 1.29 is 19.0 Å². The fourth-order valence-electron chi connectivity index (χ4n) is 3.09. The fourth-order valence-corrected chi connectivity index (χ4v) is 3.09. The Labute approximate surface area is 170 Å². The minimum Gasteiger partial charge on any atom is -0.497 e. The van der Waals surface area contributed by atoms with Crippen LogP contribution in [-0.2, 0) is 6.42 Å². The molecule has 2 aromatic carbocycles. The molecule has 0 aliphatic heterocycles. The molecule has 0 fully saturated rings. The molecule has 0 unspecified atom stereocenters. The van der Waals surface area contributed by atoms with Crippen molar-refractivity contribution in [2.75, 3.05) is 26.6 Å². The van der Waals surface area contributed by atoms with Crippen molar-refractivity contribution in [3.63, 3.8) is 0 Å². The largest absolute Gasteiger partial charge is 0.497 e. The van der Waals surface area contributed by atoms with E-state index >= 15 is 0 Å². The molecule has 3 rings (SSSR count). The van der Waals surface area contributed by atoms with Gasteiger partial charge in [-0.05, 0) is 42.8 Å². The molecule has 2 N–H and O–H groups in total. The summed E-state index contributed by atoms with van der Waals surface area (Å²) in [7, 11) is 4.77. The van der Waals surface area contributed by atoms with Crippen molar-refractivity contribution in [3.05, 3.63) is 53.7 Å². The van der Waals surface area contributed by atoms with Crippen molar-refractivity contribution in [3.8, 4) is 28.5 Å². The van der Waals surface area contributed by atoms with E-state index in [0.29, 0.717) is 34.2 Å². The number of amides is 1. The lowest BCUT2D eigenvalue weighted by Gasteiger charge is -2.12. The number of H-pyrrole nitrogens is 1. The monoisotopic (exact) mass is 395 g/mol. The third kappa shape index (κ3) is 4.34. The first kappa shape index (κ1) is 20.3. The van der Waals surface area contributed by atoms with Gasteiger partial charge in [0.25, 0.3) is 5.91 Å². The second kappa shape index (κ2) is 9.14. The normalized spacial score (nSPS) is 10.5. The predicted molar refractivity (Wildman–Crippen MR) is 112 cm³/mol. The van der Waals surface area contributed by atoms with Crippen molar-refractivity contribution in [1.82, 2.24) is 10.2 Å². The first-order valence-corrected chi connectivity index (χ1v) is 9.36. The van der Waals surface area contributed by atoms with Crippen LogP contribution in [0.5, 0.6) is 17.2 Å². The van der Waals surface area contributed by atoms with Gasteiger partial charge in [-0.3, -0.25) is 9.89 Å². The molecule has 152 valence electrons. The van der Waals surface area contributed by atoms with Gasteiger partial charge in [-0.25, -0.2) is 0 Å².